The number of hydrogen-bond acceptors (Lipinski definition) is 4. The maximum Gasteiger partial charge on any atom is 0.259 e. The summed E-state index contributed by atoms with van der Waals surface area (Å²) in [6.45, 7) is -0.180. The zero-order valence-electron chi connectivity index (χ0n) is 14.0. The second-order valence-electron chi connectivity index (χ2n) is 5.26. The van der Waals surface area contributed by atoms with Crippen LogP contribution in [0.3, 0.4) is 0 Å². The highest BCUT2D eigenvalue weighted by molar-refractivity contribution is 6.36. The molecule has 6 nitrogen and oxygen atoms in total. The van der Waals surface area contributed by atoms with Crippen LogP contribution in [0.4, 0.5) is 0 Å². The lowest BCUT2D eigenvalue weighted by atomic mass is 10.1. The van der Waals surface area contributed by atoms with E-state index in [2.05, 4.69) is 15.8 Å². The summed E-state index contributed by atoms with van der Waals surface area (Å²) in [6, 6.07) is 12.0. The van der Waals surface area contributed by atoms with Gasteiger partial charge >= 0.3 is 0 Å². The molecule has 0 aliphatic rings. The van der Waals surface area contributed by atoms with E-state index in [4.69, 9.17) is 27.9 Å². The molecular formula is C18H17Cl2N3O3. The molecule has 0 spiro atoms. The fourth-order valence-corrected chi connectivity index (χ4v) is 2.45. The Hall–Kier alpha value is -2.57. The van der Waals surface area contributed by atoms with Crippen molar-refractivity contribution in [1.29, 1.82) is 0 Å². The van der Waals surface area contributed by atoms with Gasteiger partial charge in [0.05, 0.1) is 31.3 Å². The normalized spacial score (nSPS) is 10.6. The molecule has 0 radical (unpaired) electrons. The maximum absolute atomic E-state index is 11.9. The fourth-order valence-electron chi connectivity index (χ4n) is 1.99. The number of ether oxygens (including phenoxy) is 1. The third-order valence-electron chi connectivity index (χ3n) is 3.33. The molecule has 2 aromatic carbocycles. The van der Waals surface area contributed by atoms with Crippen LogP contribution in [0.15, 0.2) is 47.6 Å². The molecule has 0 unspecified atom stereocenters. The van der Waals surface area contributed by atoms with E-state index in [0.29, 0.717) is 21.4 Å². The molecule has 0 saturated carbocycles. The summed E-state index contributed by atoms with van der Waals surface area (Å²) in [4.78, 5) is 23.6. The number of nitrogens with one attached hydrogen (secondary N) is 2. The van der Waals surface area contributed by atoms with E-state index >= 15 is 0 Å². The van der Waals surface area contributed by atoms with Crippen molar-refractivity contribution >= 4 is 41.2 Å². The number of rotatable bonds is 7. The Bertz CT molecular complexity index is 808. The second-order valence-corrected chi connectivity index (χ2v) is 6.10. The predicted molar refractivity (Wildman–Crippen MR) is 102 cm³/mol. The third-order valence-corrected chi connectivity index (χ3v) is 3.89. The molecule has 0 saturated heterocycles. The lowest BCUT2D eigenvalue weighted by Gasteiger charge is -2.05. The number of nitrogens with zero attached hydrogens (tertiary/aromatic N) is 1. The van der Waals surface area contributed by atoms with E-state index in [1.807, 2.05) is 0 Å². The average Bonchev–Trinajstić information content (AvgIpc) is 2.62. The zero-order chi connectivity index (χ0) is 18.9. The quantitative estimate of drug-likeness (QED) is 0.560. The molecular weight excluding hydrogens is 377 g/mol. The van der Waals surface area contributed by atoms with E-state index < -0.39 is 5.91 Å². The minimum Gasteiger partial charge on any atom is -0.497 e. The van der Waals surface area contributed by atoms with Gasteiger partial charge in [0, 0.05) is 10.6 Å². The minimum absolute atomic E-state index is 0.168. The second kappa shape index (κ2) is 9.79. The Balaban J connectivity index is 1.75. The summed E-state index contributed by atoms with van der Waals surface area (Å²) in [5, 5.41) is 7.25. The molecule has 0 fully saturated rings. The van der Waals surface area contributed by atoms with Gasteiger partial charge in [0.1, 0.15) is 5.75 Å². The molecule has 0 aliphatic carbocycles. The summed E-state index contributed by atoms with van der Waals surface area (Å²) >= 11 is 11.8. The standard InChI is InChI=1S/C18H17Cl2N3O3/c1-26-15-6-2-12(3-7-15)8-17(24)21-11-18(25)23-22-10-13-4-5-14(19)9-16(13)20/h2-7,9-10H,8,11H2,1H3,(H,21,24)(H,23,25)/b22-10-. The zero-order valence-corrected chi connectivity index (χ0v) is 15.5. The maximum atomic E-state index is 11.9. The minimum atomic E-state index is -0.450. The van der Waals surface area contributed by atoms with Gasteiger partial charge in [0.25, 0.3) is 5.91 Å². The van der Waals surface area contributed by atoms with E-state index in [1.165, 1.54) is 6.21 Å². The SMILES string of the molecule is COc1ccc(CC(=O)NCC(=O)N/N=C\c2ccc(Cl)cc2Cl)cc1. The molecule has 0 aromatic heterocycles. The Morgan fingerprint density at radius 3 is 2.50 bits per heavy atom. The molecule has 136 valence electrons. The van der Waals surface area contributed by atoms with Crippen LogP contribution < -0.4 is 15.5 Å². The number of hydrogen-bond donors (Lipinski definition) is 2. The Morgan fingerprint density at radius 2 is 1.85 bits per heavy atom. The van der Waals surface area contributed by atoms with Gasteiger partial charge in [-0.05, 0) is 29.8 Å². The van der Waals surface area contributed by atoms with Gasteiger partial charge in [-0.3, -0.25) is 9.59 Å². The van der Waals surface area contributed by atoms with Crippen molar-refractivity contribution in [2.24, 2.45) is 5.10 Å². The van der Waals surface area contributed by atoms with Gasteiger partial charge in [-0.15, -0.1) is 0 Å². The van der Waals surface area contributed by atoms with Crippen LogP contribution in [0.2, 0.25) is 10.0 Å². The first-order valence-corrected chi connectivity index (χ1v) is 8.40. The van der Waals surface area contributed by atoms with Gasteiger partial charge in [-0.2, -0.15) is 5.10 Å². The molecule has 2 N–H and O–H groups in total. The lowest BCUT2D eigenvalue weighted by molar-refractivity contribution is -0.125. The van der Waals surface area contributed by atoms with Crippen LogP contribution in [-0.2, 0) is 16.0 Å². The Labute approximate surface area is 161 Å². The summed E-state index contributed by atoms with van der Waals surface area (Å²) in [5.74, 6) is -0.00310. The number of carbonyl (C=O) groups is 2. The molecule has 0 aliphatic heterocycles. The smallest absolute Gasteiger partial charge is 0.259 e. The molecule has 8 heteroatoms. The first-order valence-electron chi connectivity index (χ1n) is 7.64. The van der Waals surface area contributed by atoms with E-state index in [0.717, 1.165) is 5.56 Å². The van der Waals surface area contributed by atoms with Crippen molar-refractivity contribution in [3.8, 4) is 5.75 Å². The molecule has 0 heterocycles. The highest BCUT2D eigenvalue weighted by Gasteiger charge is 2.06. The molecule has 2 rings (SSSR count). The van der Waals surface area contributed by atoms with Crippen LogP contribution in [0, 0.1) is 0 Å². The Morgan fingerprint density at radius 1 is 1.12 bits per heavy atom. The van der Waals surface area contributed by atoms with E-state index in [-0.39, 0.29) is 18.9 Å². The van der Waals surface area contributed by atoms with Crippen molar-refractivity contribution in [1.82, 2.24) is 10.7 Å². The number of carbonyl (C=O) groups excluding carboxylic acids is 2. The van der Waals surface area contributed by atoms with Crippen molar-refractivity contribution in [2.45, 2.75) is 6.42 Å². The number of halogens is 2. The lowest BCUT2D eigenvalue weighted by Crippen LogP contribution is -2.35. The van der Waals surface area contributed by atoms with Crippen LogP contribution in [0.25, 0.3) is 0 Å². The van der Waals surface area contributed by atoms with E-state index in [9.17, 15) is 9.59 Å². The fraction of sp³-hybridized carbons (Fsp3) is 0.167. The summed E-state index contributed by atoms with van der Waals surface area (Å²) in [5.41, 5.74) is 3.74. The van der Waals surface area contributed by atoms with Crippen molar-refractivity contribution < 1.29 is 14.3 Å². The number of methoxy groups -OCH3 is 1. The van der Waals surface area contributed by atoms with Crippen LogP contribution in [0.5, 0.6) is 5.75 Å². The van der Waals surface area contributed by atoms with Crippen molar-refractivity contribution in [3.05, 3.63) is 63.6 Å². The van der Waals surface area contributed by atoms with Gasteiger partial charge in [-0.25, -0.2) is 5.43 Å². The van der Waals surface area contributed by atoms with Crippen molar-refractivity contribution in [2.75, 3.05) is 13.7 Å². The largest absolute Gasteiger partial charge is 0.497 e. The molecule has 0 atom stereocenters. The molecule has 2 aromatic rings. The number of benzene rings is 2. The van der Waals surface area contributed by atoms with Gasteiger partial charge < -0.3 is 10.1 Å². The summed E-state index contributed by atoms with van der Waals surface area (Å²) in [7, 11) is 1.57. The molecule has 2 amide bonds. The van der Waals surface area contributed by atoms with Gasteiger partial charge in [0.2, 0.25) is 5.91 Å². The van der Waals surface area contributed by atoms with Gasteiger partial charge in [0.15, 0.2) is 0 Å². The molecule has 26 heavy (non-hydrogen) atoms. The highest BCUT2D eigenvalue weighted by Crippen LogP contribution is 2.19. The predicted octanol–water partition coefficient (Wildman–Crippen LogP) is 2.81. The number of amides is 2. The first-order chi connectivity index (χ1) is 12.5. The third kappa shape index (κ3) is 6.38. The van der Waals surface area contributed by atoms with Crippen molar-refractivity contribution in [3.63, 3.8) is 0 Å². The summed E-state index contributed by atoms with van der Waals surface area (Å²) < 4.78 is 5.05. The van der Waals surface area contributed by atoms with E-state index in [1.54, 1.807) is 49.6 Å². The summed E-state index contributed by atoms with van der Waals surface area (Å²) in [6.07, 6.45) is 1.57. The topological polar surface area (TPSA) is 79.8 Å². The van der Waals surface area contributed by atoms with Crippen LogP contribution in [0.1, 0.15) is 11.1 Å². The molecule has 0 bridgehead atoms. The van der Waals surface area contributed by atoms with Gasteiger partial charge in [-0.1, -0.05) is 41.4 Å². The first kappa shape index (κ1) is 19.8. The average molecular weight is 394 g/mol. The highest BCUT2D eigenvalue weighted by atomic mass is 35.5. The number of hydrazone groups is 1. The monoisotopic (exact) mass is 393 g/mol. The van der Waals surface area contributed by atoms with Crippen LogP contribution in [-0.4, -0.2) is 31.7 Å². The van der Waals surface area contributed by atoms with Crippen LogP contribution >= 0.6 is 23.2 Å². The Kier molecular flexibility index (Phi) is 7.44.